The van der Waals surface area contributed by atoms with Gasteiger partial charge in [0.2, 0.25) is 0 Å². The average molecular weight is 272 g/mol. The maximum Gasteiger partial charge on any atom is 0.412 e. The predicted octanol–water partition coefficient (Wildman–Crippen LogP) is 3.49. The lowest BCUT2D eigenvalue weighted by Gasteiger charge is -2.21. The number of aliphatic hydroxyl groups is 1. The SMILES string of the molecule is Cc1cc(Cl)cc(CO)c1NC(=O)OC(C)(C)C. The summed E-state index contributed by atoms with van der Waals surface area (Å²) in [6, 6.07) is 3.33. The van der Waals surface area contributed by atoms with Crippen LogP contribution in [-0.4, -0.2) is 16.8 Å². The summed E-state index contributed by atoms with van der Waals surface area (Å²) in [4.78, 5) is 11.7. The van der Waals surface area contributed by atoms with E-state index in [1.165, 1.54) is 0 Å². The first kappa shape index (κ1) is 14.8. The number of hydrogen-bond acceptors (Lipinski definition) is 3. The monoisotopic (exact) mass is 271 g/mol. The normalized spacial score (nSPS) is 11.2. The van der Waals surface area contributed by atoms with Gasteiger partial charge in [0.05, 0.1) is 12.3 Å². The second kappa shape index (κ2) is 5.59. The first-order valence-electron chi connectivity index (χ1n) is 5.63. The number of amides is 1. The van der Waals surface area contributed by atoms with Gasteiger partial charge in [0.1, 0.15) is 5.60 Å². The van der Waals surface area contributed by atoms with Crippen LogP contribution in [0.5, 0.6) is 0 Å². The Balaban J connectivity index is 2.94. The average Bonchev–Trinajstić information content (AvgIpc) is 2.18. The topological polar surface area (TPSA) is 58.6 Å². The second-order valence-electron chi connectivity index (χ2n) is 5.04. The Bertz CT molecular complexity index is 452. The molecule has 0 fully saturated rings. The zero-order valence-corrected chi connectivity index (χ0v) is 11.8. The zero-order valence-electron chi connectivity index (χ0n) is 11.0. The summed E-state index contributed by atoms with van der Waals surface area (Å²) in [5.74, 6) is 0. The predicted molar refractivity (Wildman–Crippen MR) is 72.0 cm³/mol. The molecule has 0 heterocycles. The van der Waals surface area contributed by atoms with Gasteiger partial charge in [-0.15, -0.1) is 0 Å². The summed E-state index contributed by atoms with van der Waals surface area (Å²) >= 11 is 5.89. The van der Waals surface area contributed by atoms with E-state index < -0.39 is 11.7 Å². The zero-order chi connectivity index (χ0) is 13.9. The lowest BCUT2D eigenvalue weighted by atomic mass is 10.1. The van der Waals surface area contributed by atoms with E-state index in [1.807, 2.05) is 0 Å². The van der Waals surface area contributed by atoms with Crippen molar-refractivity contribution in [3.05, 3.63) is 28.3 Å². The van der Waals surface area contributed by atoms with Gasteiger partial charge in [-0.2, -0.15) is 0 Å². The van der Waals surface area contributed by atoms with Crippen LogP contribution in [0, 0.1) is 6.92 Å². The molecule has 1 aromatic carbocycles. The number of hydrogen-bond donors (Lipinski definition) is 2. The lowest BCUT2D eigenvalue weighted by Crippen LogP contribution is -2.27. The Hall–Kier alpha value is -1.26. The summed E-state index contributed by atoms with van der Waals surface area (Å²) in [5.41, 5.74) is 1.31. The number of aryl methyl sites for hydroxylation is 1. The highest BCUT2D eigenvalue weighted by atomic mass is 35.5. The molecule has 0 unspecified atom stereocenters. The molecule has 2 N–H and O–H groups in total. The first-order valence-corrected chi connectivity index (χ1v) is 6.00. The highest BCUT2D eigenvalue weighted by Crippen LogP contribution is 2.26. The van der Waals surface area contributed by atoms with Gasteiger partial charge in [0.15, 0.2) is 0 Å². The number of nitrogens with one attached hydrogen (secondary N) is 1. The molecule has 0 saturated carbocycles. The Morgan fingerprint density at radius 1 is 1.44 bits per heavy atom. The number of ether oxygens (including phenoxy) is 1. The molecular formula is C13H18ClNO3. The van der Waals surface area contributed by atoms with Crippen LogP contribution in [-0.2, 0) is 11.3 Å². The van der Waals surface area contributed by atoms with Crippen molar-refractivity contribution in [2.24, 2.45) is 0 Å². The molecule has 0 aliphatic heterocycles. The fourth-order valence-corrected chi connectivity index (χ4v) is 1.82. The molecular weight excluding hydrogens is 254 g/mol. The van der Waals surface area contributed by atoms with Crippen molar-refractivity contribution in [3.8, 4) is 0 Å². The number of aliphatic hydroxyl groups excluding tert-OH is 1. The van der Waals surface area contributed by atoms with Crippen molar-refractivity contribution in [1.29, 1.82) is 0 Å². The van der Waals surface area contributed by atoms with E-state index in [4.69, 9.17) is 16.3 Å². The standard InChI is InChI=1S/C13H18ClNO3/c1-8-5-10(14)6-9(7-16)11(8)15-12(17)18-13(2,3)4/h5-6,16H,7H2,1-4H3,(H,15,17). The summed E-state index contributed by atoms with van der Waals surface area (Å²) in [5, 5.41) is 12.4. The van der Waals surface area contributed by atoms with E-state index in [-0.39, 0.29) is 6.61 Å². The van der Waals surface area contributed by atoms with Crippen LogP contribution in [0.15, 0.2) is 12.1 Å². The molecule has 0 saturated heterocycles. The number of benzene rings is 1. The minimum absolute atomic E-state index is 0.202. The minimum Gasteiger partial charge on any atom is -0.444 e. The van der Waals surface area contributed by atoms with Gasteiger partial charge in [-0.1, -0.05) is 11.6 Å². The first-order chi connectivity index (χ1) is 8.23. The van der Waals surface area contributed by atoms with Crippen molar-refractivity contribution in [1.82, 2.24) is 0 Å². The van der Waals surface area contributed by atoms with E-state index in [2.05, 4.69) is 5.32 Å². The Morgan fingerprint density at radius 2 is 2.06 bits per heavy atom. The summed E-state index contributed by atoms with van der Waals surface area (Å²) in [6.45, 7) is 6.96. The van der Waals surface area contributed by atoms with Crippen LogP contribution in [0.2, 0.25) is 5.02 Å². The van der Waals surface area contributed by atoms with Gasteiger partial charge < -0.3 is 9.84 Å². The molecule has 0 atom stereocenters. The molecule has 0 radical (unpaired) electrons. The molecule has 0 aliphatic carbocycles. The molecule has 0 aromatic heterocycles. The highest BCUT2D eigenvalue weighted by Gasteiger charge is 2.18. The quantitative estimate of drug-likeness (QED) is 0.866. The van der Waals surface area contributed by atoms with Gasteiger partial charge in [-0.05, 0) is 45.4 Å². The smallest absolute Gasteiger partial charge is 0.412 e. The van der Waals surface area contributed by atoms with Crippen molar-refractivity contribution < 1.29 is 14.6 Å². The van der Waals surface area contributed by atoms with Gasteiger partial charge in [0, 0.05) is 10.6 Å². The van der Waals surface area contributed by atoms with E-state index in [0.717, 1.165) is 5.56 Å². The number of carbonyl (C=O) groups excluding carboxylic acids is 1. The fourth-order valence-electron chi connectivity index (χ4n) is 1.52. The van der Waals surface area contributed by atoms with Crippen LogP contribution in [0.3, 0.4) is 0 Å². The molecule has 1 amide bonds. The molecule has 18 heavy (non-hydrogen) atoms. The van der Waals surface area contributed by atoms with Crippen molar-refractivity contribution in [2.75, 3.05) is 5.32 Å². The maximum atomic E-state index is 11.7. The van der Waals surface area contributed by atoms with E-state index in [9.17, 15) is 9.90 Å². The van der Waals surface area contributed by atoms with Crippen molar-refractivity contribution >= 4 is 23.4 Å². The van der Waals surface area contributed by atoms with Crippen molar-refractivity contribution in [2.45, 2.75) is 39.9 Å². The van der Waals surface area contributed by atoms with Crippen LogP contribution < -0.4 is 5.32 Å². The Morgan fingerprint density at radius 3 is 2.56 bits per heavy atom. The van der Waals surface area contributed by atoms with Crippen LogP contribution in [0.4, 0.5) is 10.5 Å². The second-order valence-corrected chi connectivity index (χ2v) is 5.48. The molecule has 0 bridgehead atoms. The van der Waals surface area contributed by atoms with Crippen LogP contribution >= 0.6 is 11.6 Å². The van der Waals surface area contributed by atoms with Crippen molar-refractivity contribution in [3.63, 3.8) is 0 Å². The molecule has 100 valence electrons. The third kappa shape index (κ3) is 4.20. The molecule has 0 spiro atoms. The third-order valence-electron chi connectivity index (χ3n) is 2.18. The van der Waals surface area contributed by atoms with Gasteiger partial charge >= 0.3 is 6.09 Å². The molecule has 4 nitrogen and oxygen atoms in total. The lowest BCUT2D eigenvalue weighted by molar-refractivity contribution is 0.0635. The third-order valence-corrected chi connectivity index (χ3v) is 2.40. The summed E-state index contributed by atoms with van der Waals surface area (Å²) in [6.07, 6.45) is -0.553. The number of anilines is 1. The van der Waals surface area contributed by atoms with E-state index in [1.54, 1.807) is 39.8 Å². The highest BCUT2D eigenvalue weighted by molar-refractivity contribution is 6.30. The molecule has 5 heteroatoms. The number of rotatable bonds is 2. The molecule has 0 aliphatic rings. The van der Waals surface area contributed by atoms with Crippen LogP contribution in [0.1, 0.15) is 31.9 Å². The largest absolute Gasteiger partial charge is 0.444 e. The number of carbonyl (C=O) groups is 1. The summed E-state index contributed by atoms with van der Waals surface area (Å²) < 4.78 is 5.16. The minimum atomic E-state index is -0.566. The van der Waals surface area contributed by atoms with Gasteiger partial charge in [-0.3, -0.25) is 5.32 Å². The Labute approximate surface area is 112 Å². The van der Waals surface area contributed by atoms with Crippen LogP contribution in [0.25, 0.3) is 0 Å². The molecule has 1 rings (SSSR count). The van der Waals surface area contributed by atoms with Gasteiger partial charge in [0.25, 0.3) is 0 Å². The van der Waals surface area contributed by atoms with E-state index >= 15 is 0 Å². The Kier molecular flexibility index (Phi) is 4.59. The fraction of sp³-hybridized carbons (Fsp3) is 0.462. The summed E-state index contributed by atoms with van der Waals surface area (Å²) in [7, 11) is 0. The van der Waals surface area contributed by atoms with Gasteiger partial charge in [-0.25, -0.2) is 4.79 Å². The number of halogens is 1. The maximum absolute atomic E-state index is 11.7. The van der Waals surface area contributed by atoms with E-state index in [0.29, 0.717) is 16.3 Å². The molecule has 1 aromatic rings.